The molecule has 0 heterocycles. The fourth-order valence-corrected chi connectivity index (χ4v) is 7.87. The van der Waals surface area contributed by atoms with Crippen LogP contribution in [0, 0.1) is 0 Å². The molecule has 19 heavy (non-hydrogen) atoms. The number of rotatable bonds is 8. The van der Waals surface area contributed by atoms with Crippen LogP contribution in [0.25, 0.3) is 0 Å². The van der Waals surface area contributed by atoms with E-state index in [0.29, 0.717) is 0 Å². The minimum absolute atomic E-state index is 0.284. The van der Waals surface area contributed by atoms with E-state index in [-0.39, 0.29) is 10.1 Å². The Balaban J connectivity index is 5.11. The zero-order valence-electron chi connectivity index (χ0n) is 14.6. The second-order valence-electron chi connectivity index (χ2n) is 7.69. The van der Waals surface area contributed by atoms with Crippen LogP contribution >= 0.6 is 0 Å². The third-order valence-corrected chi connectivity index (χ3v) is 11.4. The minimum atomic E-state index is -1.72. The molecule has 0 aromatic carbocycles. The topological polar surface area (TPSA) is 18.5 Å². The highest BCUT2D eigenvalue weighted by Crippen LogP contribution is 2.51. The molecular formula is C16H36O2Si. The molecule has 2 nitrogen and oxygen atoms in total. The zero-order chi connectivity index (χ0) is 15.2. The van der Waals surface area contributed by atoms with Gasteiger partial charge in [0.2, 0.25) is 0 Å². The molecule has 0 spiro atoms. The fourth-order valence-electron chi connectivity index (χ4n) is 2.81. The standard InChI is InChI=1S/C16H36O2Si/c1-9-11-17-13-19(15(3,4)5,16(6,7)8)14-18-12-10-2/h9-14H2,1-8H3. The first-order chi connectivity index (χ1) is 8.62. The molecule has 0 atom stereocenters. The average molecular weight is 289 g/mol. The third kappa shape index (κ3) is 5.20. The van der Waals surface area contributed by atoms with E-state index in [1.54, 1.807) is 0 Å². The Hall–Kier alpha value is 0.137. The van der Waals surface area contributed by atoms with Gasteiger partial charge in [-0.15, -0.1) is 0 Å². The van der Waals surface area contributed by atoms with Crippen molar-refractivity contribution in [2.75, 3.05) is 25.7 Å². The molecule has 0 bridgehead atoms. The molecule has 0 aliphatic rings. The van der Waals surface area contributed by atoms with E-state index < -0.39 is 8.07 Å². The van der Waals surface area contributed by atoms with E-state index in [1.807, 2.05) is 0 Å². The average Bonchev–Trinajstić information content (AvgIpc) is 2.24. The molecule has 0 rings (SSSR count). The quantitative estimate of drug-likeness (QED) is 0.464. The summed E-state index contributed by atoms with van der Waals surface area (Å²) in [5, 5.41) is 0.569. The molecule has 0 N–H and O–H groups in total. The minimum Gasteiger partial charge on any atom is -0.385 e. The summed E-state index contributed by atoms with van der Waals surface area (Å²) in [7, 11) is -1.72. The molecule has 0 saturated carbocycles. The van der Waals surface area contributed by atoms with Gasteiger partial charge in [0.05, 0.1) is 0 Å². The molecule has 0 amide bonds. The van der Waals surface area contributed by atoms with Gasteiger partial charge in [-0.1, -0.05) is 55.4 Å². The zero-order valence-corrected chi connectivity index (χ0v) is 15.6. The molecule has 0 radical (unpaired) electrons. The second-order valence-corrected chi connectivity index (χ2v) is 13.4. The lowest BCUT2D eigenvalue weighted by molar-refractivity contribution is 0.139. The first-order valence-corrected chi connectivity index (χ1v) is 10.2. The van der Waals surface area contributed by atoms with Crippen molar-refractivity contribution in [2.45, 2.75) is 78.3 Å². The van der Waals surface area contributed by atoms with Crippen molar-refractivity contribution >= 4 is 8.07 Å². The van der Waals surface area contributed by atoms with E-state index in [9.17, 15) is 0 Å². The van der Waals surface area contributed by atoms with Gasteiger partial charge in [-0.3, -0.25) is 0 Å². The van der Waals surface area contributed by atoms with Gasteiger partial charge in [-0.25, -0.2) is 0 Å². The summed E-state index contributed by atoms with van der Waals surface area (Å²) >= 11 is 0. The highest BCUT2D eigenvalue weighted by Gasteiger charge is 2.53. The Labute approximate surface area is 122 Å². The molecule has 3 heteroatoms. The predicted octanol–water partition coefficient (Wildman–Crippen LogP) is 4.97. The molecule has 0 unspecified atom stereocenters. The maximum absolute atomic E-state index is 6.01. The van der Waals surface area contributed by atoms with Crippen LogP contribution in [0.4, 0.5) is 0 Å². The van der Waals surface area contributed by atoms with Crippen LogP contribution in [0.2, 0.25) is 10.1 Å². The summed E-state index contributed by atoms with van der Waals surface area (Å²) in [5.74, 6) is 0. The van der Waals surface area contributed by atoms with Crippen molar-refractivity contribution in [1.29, 1.82) is 0 Å². The van der Waals surface area contributed by atoms with Crippen LogP contribution in [0.15, 0.2) is 0 Å². The summed E-state index contributed by atoms with van der Waals surface area (Å²) in [6.07, 6.45) is 4.01. The van der Waals surface area contributed by atoms with Gasteiger partial charge in [0.1, 0.15) is 8.07 Å². The number of hydrogen-bond donors (Lipinski definition) is 0. The summed E-state index contributed by atoms with van der Waals surface area (Å²) < 4.78 is 12.0. The Morgan fingerprint density at radius 2 is 1.00 bits per heavy atom. The highest BCUT2D eigenvalue weighted by molar-refractivity contribution is 6.85. The lowest BCUT2D eigenvalue weighted by atomic mass is 10.2. The smallest absolute Gasteiger partial charge is 0.123 e. The highest BCUT2D eigenvalue weighted by atomic mass is 28.3. The molecule has 0 aliphatic heterocycles. The Kier molecular flexibility index (Phi) is 7.85. The van der Waals surface area contributed by atoms with Crippen LogP contribution in [-0.4, -0.2) is 33.7 Å². The Morgan fingerprint density at radius 1 is 0.684 bits per heavy atom. The monoisotopic (exact) mass is 288 g/mol. The van der Waals surface area contributed by atoms with E-state index in [1.165, 1.54) is 0 Å². The SMILES string of the molecule is CCCOC[Si](COCCC)(C(C)(C)C)C(C)(C)C. The molecule has 0 saturated heterocycles. The Bertz CT molecular complexity index is 212. The van der Waals surface area contributed by atoms with Crippen LogP contribution in [0.3, 0.4) is 0 Å². The van der Waals surface area contributed by atoms with Crippen molar-refractivity contribution in [1.82, 2.24) is 0 Å². The van der Waals surface area contributed by atoms with Crippen molar-refractivity contribution < 1.29 is 9.47 Å². The van der Waals surface area contributed by atoms with Crippen molar-refractivity contribution in [3.63, 3.8) is 0 Å². The lowest BCUT2D eigenvalue weighted by Crippen LogP contribution is -2.60. The summed E-state index contributed by atoms with van der Waals surface area (Å²) in [6.45, 7) is 20.3. The Morgan fingerprint density at radius 3 is 1.21 bits per heavy atom. The largest absolute Gasteiger partial charge is 0.385 e. The van der Waals surface area contributed by atoms with Crippen molar-refractivity contribution in [3.8, 4) is 0 Å². The van der Waals surface area contributed by atoms with Crippen LogP contribution in [0.5, 0.6) is 0 Å². The molecule has 0 aromatic heterocycles. The first kappa shape index (κ1) is 19.1. The molecule has 116 valence electrons. The molecule has 0 aliphatic carbocycles. The normalized spacial score (nSPS) is 13.9. The van der Waals surface area contributed by atoms with Gasteiger partial charge in [0.25, 0.3) is 0 Å². The van der Waals surface area contributed by atoms with Crippen molar-refractivity contribution in [2.24, 2.45) is 0 Å². The van der Waals surface area contributed by atoms with Gasteiger partial charge in [0.15, 0.2) is 0 Å². The maximum atomic E-state index is 6.01. The van der Waals surface area contributed by atoms with Crippen LogP contribution in [0.1, 0.15) is 68.2 Å². The van der Waals surface area contributed by atoms with Gasteiger partial charge in [-0.2, -0.15) is 0 Å². The predicted molar refractivity (Wildman–Crippen MR) is 87.4 cm³/mol. The van der Waals surface area contributed by atoms with Gasteiger partial charge < -0.3 is 9.47 Å². The van der Waals surface area contributed by atoms with Crippen LogP contribution < -0.4 is 0 Å². The lowest BCUT2D eigenvalue weighted by Gasteiger charge is -2.51. The summed E-state index contributed by atoms with van der Waals surface area (Å²) in [6, 6.07) is 0. The molecular weight excluding hydrogens is 252 g/mol. The third-order valence-electron chi connectivity index (χ3n) is 4.27. The number of hydrogen-bond acceptors (Lipinski definition) is 2. The molecule has 0 aromatic rings. The van der Waals surface area contributed by atoms with E-state index in [2.05, 4.69) is 55.4 Å². The second kappa shape index (κ2) is 7.80. The summed E-state index contributed by atoms with van der Waals surface area (Å²) in [4.78, 5) is 0. The van der Waals surface area contributed by atoms with Gasteiger partial charge >= 0.3 is 0 Å². The van der Waals surface area contributed by atoms with E-state index in [0.717, 1.165) is 38.5 Å². The van der Waals surface area contributed by atoms with Crippen LogP contribution in [-0.2, 0) is 9.47 Å². The number of ether oxygens (including phenoxy) is 2. The fraction of sp³-hybridized carbons (Fsp3) is 1.00. The summed E-state index contributed by atoms with van der Waals surface area (Å²) in [5.41, 5.74) is 0. The van der Waals surface area contributed by atoms with E-state index in [4.69, 9.17) is 9.47 Å². The maximum Gasteiger partial charge on any atom is 0.123 e. The first-order valence-electron chi connectivity index (χ1n) is 7.78. The van der Waals surface area contributed by atoms with Gasteiger partial charge in [-0.05, 0) is 22.9 Å². The van der Waals surface area contributed by atoms with E-state index >= 15 is 0 Å². The molecule has 0 fully saturated rings. The van der Waals surface area contributed by atoms with Gasteiger partial charge in [0, 0.05) is 25.7 Å². The van der Waals surface area contributed by atoms with Crippen molar-refractivity contribution in [3.05, 3.63) is 0 Å².